The number of halogens is 7. The van der Waals surface area contributed by atoms with Crippen LogP contribution >= 0.6 is 0 Å². The molecule has 0 rings (SSSR count). The van der Waals surface area contributed by atoms with Crippen LogP contribution in [0.15, 0.2) is 0 Å². The number of hydrogen-bond donors (Lipinski definition) is 0. The minimum absolute atomic E-state index is 0.271. The van der Waals surface area contributed by atoms with Crippen LogP contribution in [0, 0.1) is 0 Å². The topological polar surface area (TPSA) is 0 Å². The van der Waals surface area contributed by atoms with E-state index in [0.717, 1.165) is 0 Å². The maximum absolute atomic E-state index is 12.5. The molecule has 0 aromatic heterocycles. The Hall–Kier alpha value is -0.490. The van der Waals surface area contributed by atoms with Gasteiger partial charge < -0.3 is 0 Å². The smallest absolute Gasteiger partial charge is 0.234 e. The Morgan fingerprint density at radius 3 is 1.71 bits per heavy atom. The molecule has 0 nitrogen and oxygen atoms in total. The van der Waals surface area contributed by atoms with Crippen molar-refractivity contribution in [3.8, 4) is 0 Å². The summed E-state index contributed by atoms with van der Waals surface area (Å²) < 4.78 is 84.7. The molecule has 0 N–H and O–H groups in total. The normalized spacial score (nSPS) is 16.1. The van der Waals surface area contributed by atoms with Gasteiger partial charge in [0.05, 0.1) is 0 Å². The Bertz CT molecular complexity index is 177. The first-order valence-electron chi connectivity index (χ1n) is 3.84. The van der Waals surface area contributed by atoms with E-state index in [4.69, 9.17) is 0 Å². The molecule has 1 atom stereocenters. The molecule has 7 heteroatoms. The van der Waals surface area contributed by atoms with Crippen molar-refractivity contribution in [2.45, 2.75) is 44.2 Å². The summed E-state index contributed by atoms with van der Waals surface area (Å²) in [7, 11) is 0. The number of hydrogen-bond acceptors (Lipinski definition) is 0. The third kappa shape index (κ3) is 2.75. The quantitative estimate of drug-likeness (QED) is 0.627. The van der Waals surface area contributed by atoms with Gasteiger partial charge in [0.25, 0.3) is 5.92 Å². The van der Waals surface area contributed by atoms with Gasteiger partial charge in [0, 0.05) is 6.42 Å². The van der Waals surface area contributed by atoms with Gasteiger partial charge in [-0.1, -0.05) is 13.3 Å². The maximum atomic E-state index is 12.5. The van der Waals surface area contributed by atoms with Crippen molar-refractivity contribution in [2.75, 3.05) is 0 Å². The molecule has 0 radical (unpaired) electrons. The van der Waals surface area contributed by atoms with Gasteiger partial charge in [0.1, 0.15) is 0 Å². The summed E-state index contributed by atoms with van der Waals surface area (Å²) in [6.45, 7) is 1.21. The Morgan fingerprint density at radius 2 is 1.43 bits per heavy atom. The first-order valence-corrected chi connectivity index (χ1v) is 3.84. The summed E-state index contributed by atoms with van der Waals surface area (Å²) in [5.74, 6) is -9.73. The van der Waals surface area contributed by atoms with E-state index in [2.05, 4.69) is 0 Å². The third-order valence-corrected chi connectivity index (χ3v) is 1.58. The van der Waals surface area contributed by atoms with Crippen molar-refractivity contribution in [1.29, 1.82) is 0 Å². The Labute approximate surface area is 76.1 Å². The molecule has 14 heavy (non-hydrogen) atoms. The van der Waals surface area contributed by atoms with Crippen molar-refractivity contribution in [2.24, 2.45) is 0 Å². The largest absolute Gasteiger partial charge is 0.343 e. The molecule has 0 aromatic rings. The highest BCUT2D eigenvalue weighted by Gasteiger charge is 2.60. The molecule has 0 fully saturated rings. The van der Waals surface area contributed by atoms with Gasteiger partial charge in [-0.3, -0.25) is 0 Å². The van der Waals surface area contributed by atoms with Gasteiger partial charge in [-0.05, 0) is 0 Å². The molecule has 0 aliphatic heterocycles. The fourth-order valence-electron chi connectivity index (χ4n) is 0.852. The second-order valence-electron chi connectivity index (χ2n) is 2.85. The average Bonchev–Trinajstić information content (AvgIpc) is 2.02. The molecule has 0 saturated heterocycles. The van der Waals surface area contributed by atoms with Gasteiger partial charge in [0.2, 0.25) is 6.17 Å². The lowest BCUT2D eigenvalue weighted by Crippen LogP contribution is -2.48. The lowest BCUT2D eigenvalue weighted by Gasteiger charge is -2.26. The van der Waals surface area contributed by atoms with E-state index < -0.39 is 30.9 Å². The van der Waals surface area contributed by atoms with Crippen molar-refractivity contribution >= 4 is 0 Å². The van der Waals surface area contributed by atoms with Gasteiger partial charge in [-0.15, -0.1) is 0 Å². The van der Waals surface area contributed by atoms with Crippen LogP contribution in [0.2, 0.25) is 0 Å². The minimum atomic E-state index is -5.31. The summed E-state index contributed by atoms with van der Waals surface area (Å²) in [6.07, 6.45) is -10.0. The van der Waals surface area contributed by atoms with E-state index in [-0.39, 0.29) is 6.42 Å². The van der Waals surface area contributed by atoms with E-state index in [1.807, 2.05) is 0 Å². The van der Waals surface area contributed by atoms with E-state index >= 15 is 0 Å². The molecule has 0 spiro atoms. The monoisotopic (exact) mass is 226 g/mol. The summed E-state index contributed by atoms with van der Waals surface area (Å²) in [5.41, 5.74) is 0. The fraction of sp³-hybridized carbons (Fsp3) is 1.00. The molecule has 0 aromatic carbocycles. The maximum Gasteiger partial charge on any atom is 0.343 e. The summed E-state index contributed by atoms with van der Waals surface area (Å²) in [4.78, 5) is 0. The lowest BCUT2D eigenvalue weighted by molar-refractivity contribution is -0.232. The summed E-state index contributed by atoms with van der Waals surface area (Å²) in [6, 6.07) is 0. The van der Waals surface area contributed by atoms with Crippen molar-refractivity contribution < 1.29 is 30.7 Å². The predicted octanol–water partition coefficient (Wildman–Crippen LogP) is 3.66. The zero-order valence-electron chi connectivity index (χ0n) is 7.21. The predicted molar refractivity (Wildman–Crippen MR) is 35.7 cm³/mol. The molecule has 0 heterocycles. The molecule has 0 aliphatic carbocycles. The number of rotatable bonds is 5. The van der Waals surface area contributed by atoms with Crippen LogP contribution in [-0.4, -0.2) is 24.4 Å². The third-order valence-electron chi connectivity index (χ3n) is 1.58. The van der Waals surface area contributed by atoms with Gasteiger partial charge in [-0.2, -0.15) is 8.78 Å². The average molecular weight is 226 g/mol. The fourth-order valence-corrected chi connectivity index (χ4v) is 0.852. The summed E-state index contributed by atoms with van der Waals surface area (Å²) in [5, 5.41) is 0. The molecule has 0 amide bonds. The second-order valence-corrected chi connectivity index (χ2v) is 2.85. The Kier molecular flexibility index (Phi) is 4.20. The highest BCUT2D eigenvalue weighted by Crippen LogP contribution is 2.39. The zero-order valence-corrected chi connectivity index (χ0v) is 7.21. The van der Waals surface area contributed by atoms with Crippen LogP contribution in [0.1, 0.15) is 19.8 Å². The molecule has 0 bridgehead atoms. The molecule has 86 valence electrons. The first kappa shape index (κ1) is 13.5. The highest BCUT2D eigenvalue weighted by atomic mass is 19.3. The van der Waals surface area contributed by atoms with Crippen LogP contribution in [0.3, 0.4) is 0 Å². The van der Waals surface area contributed by atoms with Crippen LogP contribution in [0.25, 0.3) is 0 Å². The van der Waals surface area contributed by atoms with Crippen LogP contribution < -0.4 is 0 Å². The van der Waals surface area contributed by atoms with Crippen LogP contribution in [-0.2, 0) is 0 Å². The molecule has 0 saturated carbocycles. The van der Waals surface area contributed by atoms with Crippen molar-refractivity contribution in [1.82, 2.24) is 0 Å². The minimum Gasteiger partial charge on any atom is -0.234 e. The first-order chi connectivity index (χ1) is 6.16. The lowest BCUT2D eigenvalue weighted by atomic mass is 10.0. The van der Waals surface area contributed by atoms with E-state index in [9.17, 15) is 30.7 Å². The Morgan fingerprint density at radius 1 is 1.00 bits per heavy atom. The van der Waals surface area contributed by atoms with E-state index in [0.29, 0.717) is 0 Å². The Balaban J connectivity index is 4.66. The van der Waals surface area contributed by atoms with Crippen molar-refractivity contribution in [3.63, 3.8) is 0 Å². The van der Waals surface area contributed by atoms with Crippen LogP contribution in [0.5, 0.6) is 0 Å². The molecule has 0 unspecified atom stereocenters. The molecular weight excluding hydrogens is 217 g/mol. The van der Waals surface area contributed by atoms with Crippen molar-refractivity contribution in [3.05, 3.63) is 0 Å². The SMILES string of the molecule is CCCC(F)(F)[C@H](F)C(F)(F)C(F)F. The highest BCUT2D eigenvalue weighted by molar-refractivity contribution is 4.90. The van der Waals surface area contributed by atoms with Gasteiger partial charge in [-0.25, -0.2) is 22.0 Å². The molecular formula is C7H9F7. The summed E-state index contributed by atoms with van der Waals surface area (Å²) >= 11 is 0. The van der Waals surface area contributed by atoms with Crippen LogP contribution in [0.4, 0.5) is 30.7 Å². The standard InChI is InChI=1S/C7H9F7/c1-2-3-6(11,12)4(8)7(13,14)5(9)10/h4-5H,2-3H2,1H3/t4-/m0/s1. The van der Waals surface area contributed by atoms with Gasteiger partial charge in [0.15, 0.2) is 0 Å². The second kappa shape index (κ2) is 4.35. The van der Waals surface area contributed by atoms with E-state index in [1.165, 1.54) is 6.92 Å². The zero-order chi connectivity index (χ0) is 11.6. The van der Waals surface area contributed by atoms with E-state index in [1.54, 1.807) is 0 Å². The number of alkyl halides is 7. The van der Waals surface area contributed by atoms with Gasteiger partial charge >= 0.3 is 12.3 Å². The molecule has 0 aliphatic rings.